The minimum absolute atomic E-state index is 1.12. The summed E-state index contributed by atoms with van der Waals surface area (Å²) in [6, 6.07) is 72.7. The predicted octanol–water partition coefficient (Wildman–Crippen LogP) is 14.8. The lowest BCUT2D eigenvalue weighted by molar-refractivity contribution is 1.28. The van der Waals surface area contributed by atoms with E-state index >= 15 is 0 Å². The average molecular weight is 680 g/mol. The quantitative estimate of drug-likeness (QED) is 0.169. The number of rotatable bonds is 6. The maximum absolute atomic E-state index is 2.34. The molecule has 0 radical (unpaired) electrons. The van der Waals surface area contributed by atoms with E-state index in [9.17, 15) is 0 Å². The second-order valence-electron chi connectivity index (χ2n) is 13.3. The van der Waals surface area contributed by atoms with Gasteiger partial charge in [-0.05, 0) is 103 Å². The van der Waals surface area contributed by atoms with Crippen LogP contribution in [0.15, 0.2) is 200 Å². The number of anilines is 3. The normalized spacial score (nSPS) is 11.5. The van der Waals surface area contributed by atoms with E-state index in [-0.39, 0.29) is 0 Å². The predicted molar refractivity (Wildman–Crippen MR) is 225 cm³/mol. The molecule has 0 aliphatic carbocycles. The molecule has 0 spiro atoms. The molecular formula is C50H33NS. The fraction of sp³-hybridized carbons (Fsp3) is 0. The smallest absolute Gasteiger partial charge is 0.0462 e. The maximum atomic E-state index is 2.34. The first-order chi connectivity index (χ1) is 25.8. The van der Waals surface area contributed by atoms with Crippen LogP contribution in [0.25, 0.3) is 75.1 Å². The van der Waals surface area contributed by atoms with Crippen LogP contribution >= 0.6 is 11.3 Å². The SMILES string of the molecule is c1ccc(N(c2ccc(-c3ccc(-c4cccc5ccccc45)cc3)cc2)c2ccc(-c3cccc4ccc5sc6ccccc6c5c34)cc2)cc1. The molecule has 0 amide bonds. The highest BCUT2D eigenvalue weighted by molar-refractivity contribution is 7.26. The third kappa shape index (κ3) is 5.24. The van der Waals surface area contributed by atoms with E-state index < -0.39 is 0 Å². The molecule has 0 atom stereocenters. The van der Waals surface area contributed by atoms with Gasteiger partial charge in [-0.3, -0.25) is 0 Å². The molecule has 1 nitrogen and oxygen atoms in total. The molecule has 0 unspecified atom stereocenters. The number of hydrogen-bond donors (Lipinski definition) is 0. The molecule has 52 heavy (non-hydrogen) atoms. The maximum Gasteiger partial charge on any atom is 0.0462 e. The van der Waals surface area contributed by atoms with Gasteiger partial charge >= 0.3 is 0 Å². The fourth-order valence-electron chi connectivity index (χ4n) is 7.77. The molecule has 10 aromatic rings. The number of fused-ring (bicyclic) bond motifs is 6. The van der Waals surface area contributed by atoms with Crippen LogP contribution in [0, 0.1) is 0 Å². The van der Waals surface area contributed by atoms with E-state index in [2.05, 4.69) is 205 Å². The minimum atomic E-state index is 1.12. The summed E-state index contributed by atoms with van der Waals surface area (Å²) in [4.78, 5) is 2.34. The van der Waals surface area contributed by atoms with Gasteiger partial charge in [-0.1, -0.05) is 152 Å². The Hall–Kier alpha value is -6.48. The van der Waals surface area contributed by atoms with Gasteiger partial charge in [0.25, 0.3) is 0 Å². The molecule has 1 heterocycles. The highest BCUT2D eigenvalue weighted by Crippen LogP contribution is 2.43. The summed E-state index contributed by atoms with van der Waals surface area (Å²) in [5.41, 5.74) is 10.7. The first kappa shape index (κ1) is 30.4. The van der Waals surface area contributed by atoms with Crippen molar-refractivity contribution in [3.8, 4) is 33.4 Å². The van der Waals surface area contributed by atoms with Crippen molar-refractivity contribution < 1.29 is 0 Å². The lowest BCUT2D eigenvalue weighted by atomic mass is 9.94. The van der Waals surface area contributed by atoms with E-state index in [0.29, 0.717) is 0 Å². The molecule has 244 valence electrons. The first-order valence-corrected chi connectivity index (χ1v) is 18.6. The van der Waals surface area contributed by atoms with Gasteiger partial charge in [-0.15, -0.1) is 11.3 Å². The lowest BCUT2D eigenvalue weighted by Gasteiger charge is -2.26. The Balaban J connectivity index is 0.998. The molecule has 0 aliphatic heterocycles. The molecule has 0 saturated heterocycles. The van der Waals surface area contributed by atoms with Crippen molar-refractivity contribution in [2.75, 3.05) is 4.90 Å². The van der Waals surface area contributed by atoms with Crippen LogP contribution in [-0.4, -0.2) is 0 Å². The van der Waals surface area contributed by atoms with Crippen LogP contribution < -0.4 is 4.90 Å². The van der Waals surface area contributed by atoms with Gasteiger partial charge in [-0.25, -0.2) is 0 Å². The lowest BCUT2D eigenvalue weighted by Crippen LogP contribution is -2.09. The van der Waals surface area contributed by atoms with E-state index in [4.69, 9.17) is 0 Å². The van der Waals surface area contributed by atoms with Crippen molar-refractivity contribution in [3.63, 3.8) is 0 Å². The number of nitrogens with zero attached hydrogens (tertiary/aromatic N) is 1. The number of thiophene rings is 1. The Labute approximate surface area is 307 Å². The van der Waals surface area contributed by atoms with Crippen molar-refractivity contribution in [3.05, 3.63) is 200 Å². The van der Waals surface area contributed by atoms with Crippen LogP contribution in [0.2, 0.25) is 0 Å². The summed E-state index contributed by atoms with van der Waals surface area (Å²) >= 11 is 1.87. The monoisotopic (exact) mass is 679 g/mol. The van der Waals surface area contributed by atoms with Crippen LogP contribution in [0.5, 0.6) is 0 Å². The molecule has 9 aromatic carbocycles. The van der Waals surface area contributed by atoms with Crippen LogP contribution in [0.1, 0.15) is 0 Å². The minimum Gasteiger partial charge on any atom is -0.311 e. The second-order valence-corrected chi connectivity index (χ2v) is 14.4. The molecule has 10 rings (SSSR count). The van der Waals surface area contributed by atoms with Gasteiger partial charge in [0, 0.05) is 37.2 Å². The Bertz CT molecular complexity index is 2860. The number of hydrogen-bond acceptors (Lipinski definition) is 2. The highest BCUT2D eigenvalue weighted by Gasteiger charge is 2.16. The van der Waals surface area contributed by atoms with Crippen LogP contribution in [0.4, 0.5) is 17.1 Å². The average Bonchev–Trinajstić information content (AvgIpc) is 3.61. The molecule has 0 bridgehead atoms. The number of benzene rings is 9. The summed E-state index contributed by atoms with van der Waals surface area (Å²) in [7, 11) is 0. The summed E-state index contributed by atoms with van der Waals surface area (Å²) in [6.45, 7) is 0. The summed E-state index contributed by atoms with van der Waals surface area (Å²) in [6.07, 6.45) is 0. The zero-order chi connectivity index (χ0) is 34.4. The molecule has 0 fully saturated rings. The first-order valence-electron chi connectivity index (χ1n) is 17.8. The summed E-state index contributed by atoms with van der Waals surface area (Å²) in [5, 5.41) is 7.82. The Morgan fingerprint density at radius 2 is 0.808 bits per heavy atom. The number of para-hydroxylation sites is 1. The van der Waals surface area contributed by atoms with E-state index in [0.717, 1.165) is 17.1 Å². The standard InChI is InChI=1S/C50H33NS/c1-2-13-40(14-3-1)51(41-29-24-35(25-30-41)34-20-22-37(23-21-34)44-17-8-11-36-10-4-5-15-43(36)44)42-31-26-38(27-32-42)45-18-9-12-39-28-33-48-50(49(39)45)46-16-6-7-19-47(46)52-48/h1-33H. The summed E-state index contributed by atoms with van der Waals surface area (Å²) < 4.78 is 2.66. The van der Waals surface area contributed by atoms with Gasteiger partial charge in [0.1, 0.15) is 0 Å². The topological polar surface area (TPSA) is 3.24 Å². The van der Waals surface area contributed by atoms with Gasteiger partial charge in [-0.2, -0.15) is 0 Å². The van der Waals surface area contributed by atoms with Crippen molar-refractivity contribution in [2.24, 2.45) is 0 Å². The Morgan fingerprint density at radius 3 is 1.56 bits per heavy atom. The van der Waals surface area contributed by atoms with Crippen molar-refractivity contribution >= 4 is 70.1 Å². The highest BCUT2D eigenvalue weighted by atomic mass is 32.1. The van der Waals surface area contributed by atoms with Crippen molar-refractivity contribution in [1.29, 1.82) is 0 Å². The van der Waals surface area contributed by atoms with E-state index in [1.54, 1.807) is 0 Å². The van der Waals surface area contributed by atoms with Crippen LogP contribution in [-0.2, 0) is 0 Å². The van der Waals surface area contributed by atoms with Gasteiger partial charge in [0.15, 0.2) is 0 Å². The molecule has 2 heteroatoms. The molecule has 0 N–H and O–H groups in total. The molecule has 0 aliphatic rings. The van der Waals surface area contributed by atoms with E-state index in [1.807, 2.05) is 11.3 Å². The van der Waals surface area contributed by atoms with Gasteiger partial charge < -0.3 is 4.90 Å². The van der Waals surface area contributed by atoms with Gasteiger partial charge in [0.2, 0.25) is 0 Å². The molecule has 0 saturated carbocycles. The second kappa shape index (κ2) is 12.7. The Kier molecular flexibility index (Phi) is 7.41. The van der Waals surface area contributed by atoms with Gasteiger partial charge in [0.05, 0.1) is 0 Å². The largest absolute Gasteiger partial charge is 0.311 e. The third-order valence-corrected chi connectivity index (χ3v) is 11.4. The van der Waals surface area contributed by atoms with Crippen LogP contribution in [0.3, 0.4) is 0 Å². The molecule has 1 aromatic heterocycles. The third-order valence-electron chi connectivity index (χ3n) is 10.3. The van der Waals surface area contributed by atoms with Crippen molar-refractivity contribution in [1.82, 2.24) is 0 Å². The zero-order valence-electron chi connectivity index (χ0n) is 28.4. The van der Waals surface area contributed by atoms with E-state index in [1.165, 1.54) is 75.1 Å². The van der Waals surface area contributed by atoms with Crippen molar-refractivity contribution in [2.45, 2.75) is 0 Å². The Morgan fingerprint density at radius 1 is 0.288 bits per heavy atom. The zero-order valence-corrected chi connectivity index (χ0v) is 29.2. The fourth-order valence-corrected chi connectivity index (χ4v) is 8.88. The summed E-state index contributed by atoms with van der Waals surface area (Å²) in [5.74, 6) is 0. The molecular weight excluding hydrogens is 647 g/mol.